The van der Waals surface area contributed by atoms with Crippen molar-refractivity contribution in [1.29, 1.82) is 0 Å². The molecule has 12 heteroatoms. The Morgan fingerprint density at radius 3 is 2.00 bits per heavy atom. The van der Waals surface area contributed by atoms with Crippen LogP contribution < -0.4 is 11.5 Å². The summed E-state index contributed by atoms with van der Waals surface area (Å²) >= 11 is 0. The summed E-state index contributed by atoms with van der Waals surface area (Å²) < 4.78 is 79.5. The molecule has 4 N–H and O–H groups in total. The Balaban J connectivity index is 1.87. The lowest BCUT2D eigenvalue weighted by Crippen LogP contribution is -2.45. The van der Waals surface area contributed by atoms with Crippen LogP contribution in [0.3, 0.4) is 0 Å². The number of aliphatic imine (C=N–C) groups is 1. The van der Waals surface area contributed by atoms with Gasteiger partial charge in [-0.3, -0.25) is 14.7 Å². The molecule has 2 aromatic carbocycles. The van der Waals surface area contributed by atoms with Crippen LogP contribution in [0.2, 0.25) is 0 Å². The Bertz CT molecular complexity index is 1040. The monoisotopic (exact) mass is 515 g/mol. The number of piperidine rings is 1. The van der Waals surface area contributed by atoms with E-state index in [1.165, 1.54) is 7.05 Å². The molecule has 1 heterocycles. The standard InChI is InChI=1S/C24H27F6N5O/c1-34(14-15-11-17(23(25,26)27)13-18(12-15)24(28,29)30)21(36)20(16-5-3-2-4-6-16)35-9-7-19(8-10-35)33-22(31)32/h2-6,11-13,19-20H,7-10,14H2,1H3,(H4,31,32,33). The molecule has 1 fully saturated rings. The molecule has 0 saturated carbocycles. The minimum absolute atomic E-state index is 0.0248. The van der Waals surface area contributed by atoms with Crippen molar-refractivity contribution in [2.24, 2.45) is 16.5 Å². The maximum Gasteiger partial charge on any atom is 0.416 e. The van der Waals surface area contributed by atoms with E-state index in [9.17, 15) is 31.1 Å². The van der Waals surface area contributed by atoms with Gasteiger partial charge in [-0.1, -0.05) is 30.3 Å². The van der Waals surface area contributed by atoms with Gasteiger partial charge >= 0.3 is 12.4 Å². The summed E-state index contributed by atoms with van der Waals surface area (Å²) in [5.74, 6) is -0.476. The number of hydrogen-bond donors (Lipinski definition) is 2. The maximum absolute atomic E-state index is 13.5. The molecule has 1 aliphatic rings. The van der Waals surface area contributed by atoms with Gasteiger partial charge in [0.05, 0.1) is 17.2 Å². The topological polar surface area (TPSA) is 88.0 Å². The summed E-state index contributed by atoms with van der Waals surface area (Å²) in [6.45, 7) is 0.518. The van der Waals surface area contributed by atoms with E-state index in [-0.39, 0.29) is 23.6 Å². The van der Waals surface area contributed by atoms with E-state index in [2.05, 4.69) is 4.99 Å². The van der Waals surface area contributed by atoms with Crippen LogP contribution in [0.15, 0.2) is 53.5 Å². The van der Waals surface area contributed by atoms with Gasteiger partial charge in [0.2, 0.25) is 5.91 Å². The molecule has 0 radical (unpaired) electrons. The van der Waals surface area contributed by atoms with Crippen molar-refractivity contribution in [1.82, 2.24) is 9.80 Å². The third-order valence-corrected chi connectivity index (χ3v) is 5.99. The van der Waals surface area contributed by atoms with Gasteiger partial charge < -0.3 is 16.4 Å². The molecule has 0 bridgehead atoms. The van der Waals surface area contributed by atoms with Gasteiger partial charge in [-0.25, -0.2) is 0 Å². The van der Waals surface area contributed by atoms with Crippen molar-refractivity contribution in [3.05, 3.63) is 70.8 Å². The number of amides is 1. The van der Waals surface area contributed by atoms with Crippen LogP contribution in [0.5, 0.6) is 0 Å². The van der Waals surface area contributed by atoms with Crippen LogP contribution in [0.1, 0.15) is 41.1 Å². The number of nitrogens with zero attached hydrogens (tertiary/aromatic N) is 3. The highest BCUT2D eigenvalue weighted by molar-refractivity contribution is 5.83. The van der Waals surface area contributed by atoms with E-state index in [0.29, 0.717) is 43.6 Å². The third kappa shape index (κ3) is 6.90. The Kier molecular flexibility index (Phi) is 8.17. The van der Waals surface area contributed by atoms with Crippen LogP contribution >= 0.6 is 0 Å². The molecule has 3 rings (SSSR count). The van der Waals surface area contributed by atoms with E-state index in [4.69, 9.17) is 11.5 Å². The largest absolute Gasteiger partial charge is 0.416 e. The van der Waals surface area contributed by atoms with Crippen molar-refractivity contribution in [3.63, 3.8) is 0 Å². The highest BCUT2D eigenvalue weighted by Crippen LogP contribution is 2.37. The molecule has 1 atom stereocenters. The third-order valence-electron chi connectivity index (χ3n) is 5.99. The van der Waals surface area contributed by atoms with Crippen molar-refractivity contribution in [2.45, 2.75) is 43.8 Å². The number of alkyl halides is 6. The predicted molar refractivity (Wildman–Crippen MR) is 123 cm³/mol. The minimum Gasteiger partial charge on any atom is -0.370 e. The van der Waals surface area contributed by atoms with E-state index in [1.54, 1.807) is 30.3 Å². The zero-order chi connectivity index (χ0) is 26.7. The second kappa shape index (κ2) is 10.8. The number of halogens is 6. The fourth-order valence-electron chi connectivity index (χ4n) is 4.30. The fourth-order valence-corrected chi connectivity index (χ4v) is 4.30. The summed E-state index contributed by atoms with van der Waals surface area (Å²) in [6, 6.07) is 9.27. The van der Waals surface area contributed by atoms with Crippen LogP contribution in [-0.2, 0) is 23.7 Å². The van der Waals surface area contributed by atoms with Crippen molar-refractivity contribution in [2.75, 3.05) is 20.1 Å². The van der Waals surface area contributed by atoms with Gasteiger partial charge in [0.15, 0.2) is 5.96 Å². The average Bonchev–Trinajstić information content (AvgIpc) is 2.79. The molecule has 196 valence electrons. The first-order valence-corrected chi connectivity index (χ1v) is 11.2. The number of hydrogen-bond acceptors (Lipinski definition) is 3. The quantitative estimate of drug-likeness (QED) is 0.344. The summed E-state index contributed by atoms with van der Waals surface area (Å²) in [5, 5.41) is 0. The number of benzene rings is 2. The van der Waals surface area contributed by atoms with E-state index in [0.717, 1.165) is 4.90 Å². The molecular formula is C24H27F6N5O. The number of carbonyl (C=O) groups is 1. The molecule has 1 amide bonds. The van der Waals surface area contributed by atoms with Gasteiger partial charge in [-0.05, 0) is 42.2 Å². The Labute approximate surface area is 204 Å². The predicted octanol–water partition coefficient (Wildman–Crippen LogP) is 4.16. The number of carbonyl (C=O) groups excluding carboxylic acids is 1. The SMILES string of the molecule is CN(Cc1cc(C(F)(F)F)cc(C(F)(F)F)c1)C(=O)C(c1ccccc1)N1CCC(N=C(N)N)CC1. The second-order valence-corrected chi connectivity index (χ2v) is 8.74. The van der Waals surface area contributed by atoms with Gasteiger partial charge in [-0.2, -0.15) is 26.3 Å². The van der Waals surface area contributed by atoms with Gasteiger partial charge in [0, 0.05) is 26.7 Å². The normalized spacial score (nSPS) is 16.4. The number of nitrogens with two attached hydrogens (primary N) is 2. The van der Waals surface area contributed by atoms with Crippen LogP contribution in [0, 0.1) is 0 Å². The number of rotatable bonds is 6. The first-order chi connectivity index (χ1) is 16.8. The van der Waals surface area contributed by atoms with Crippen LogP contribution in [-0.4, -0.2) is 47.8 Å². The van der Waals surface area contributed by atoms with Crippen molar-refractivity contribution in [3.8, 4) is 0 Å². The zero-order valence-electron chi connectivity index (χ0n) is 19.5. The molecule has 2 aromatic rings. The number of likely N-dealkylation sites (N-methyl/N-ethyl adjacent to an activating group) is 1. The van der Waals surface area contributed by atoms with Crippen molar-refractivity contribution < 1.29 is 31.1 Å². The van der Waals surface area contributed by atoms with Crippen LogP contribution in [0.4, 0.5) is 26.3 Å². The smallest absolute Gasteiger partial charge is 0.370 e. The van der Waals surface area contributed by atoms with E-state index in [1.807, 2.05) is 4.90 Å². The van der Waals surface area contributed by atoms with E-state index < -0.39 is 42.0 Å². The summed E-state index contributed by atoms with van der Waals surface area (Å²) in [5.41, 5.74) is 8.46. The van der Waals surface area contributed by atoms with Gasteiger partial charge in [-0.15, -0.1) is 0 Å². The van der Waals surface area contributed by atoms with Gasteiger partial charge in [0.1, 0.15) is 6.04 Å². The maximum atomic E-state index is 13.5. The van der Waals surface area contributed by atoms with E-state index >= 15 is 0 Å². The summed E-state index contributed by atoms with van der Waals surface area (Å²) in [7, 11) is 1.36. The lowest BCUT2D eigenvalue weighted by molar-refractivity contribution is -0.143. The van der Waals surface area contributed by atoms with Crippen LogP contribution in [0.25, 0.3) is 0 Å². The lowest BCUT2D eigenvalue weighted by atomic mass is 9.98. The average molecular weight is 516 g/mol. The molecule has 36 heavy (non-hydrogen) atoms. The van der Waals surface area contributed by atoms with Gasteiger partial charge in [0.25, 0.3) is 0 Å². The highest BCUT2D eigenvalue weighted by Gasteiger charge is 2.38. The first-order valence-electron chi connectivity index (χ1n) is 11.2. The fraction of sp³-hybridized carbons (Fsp3) is 0.417. The minimum atomic E-state index is -4.97. The second-order valence-electron chi connectivity index (χ2n) is 8.74. The zero-order valence-corrected chi connectivity index (χ0v) is 19.5. The molecule has 0 aromatic heterocycles. The molecule has 1 unspecified atom stereocenters. The highest BCUT2D eigenvalue weighted by atomic mass is 19.4. The molecule has 0 spiro atoms. The molecule has 1 saturated heterocycles. The molecule has 0 aliphatic carbocycles. The number of guanidine groups is 1. The first kappa shape index (κ1) is 27.3. The Morgan fingerprint density at radius 1 is 1.00 bits per heavy atom. The summed E-state index contributed by atoms with van der Waals surface area (Å²) in [4.78, 5) is 20.8. The molecular weight excluding hydrogens is 488 g/mol. The lowest BCUT2D eigenvalue weighted by Gasteiger charge is -2.37. The van der Waals surface area contributed by atoms with Crippen molar-refractivity contribution >= 4 is 11.9 Å². The Morgan fingerprint density at radius 2 is 1.53 bits per heavy atom. The molecule has 6 nitrogen and oxygen atoms in total. The molecule has 1 aliphatic heterocycles. The summed E-state index contributed by atoms with van der Waals surface area (Å²) in [6.07, 6.45) is -8.77. The Hall–Kier alpha value is -3.28. The number of likely N-dealkylation sites (tertiary alicyclic amines) is 1.